The molecule has 1 atom stereocenters. The van der Waals surface area contributed by atoms with Gasteiger partial charge >= 0.3 is 5.97 Å². The number of para-hydroxylation sites is 1. The van der Waals surface area contributed by atoms with Gasteiger partial charge in [0.25, 0.3) is 5.56 Å². The van der Waals surface area contributed by atoms with Crippen molar-refractivity contribution in [2.24, 2.45) is 0 Å². The highest BCUT2D eigenvalue weighted by molar-refractivity contribution is 5.78. The van der Waals surface area contributed by atoms with Crippen LogP contribution in [-0.4, -0.2) is 27.0 Å². The monoisotopic (exact) mass is 393 g/mol. The molecule has 3 N–H and O–H groups in total. The van der Waals surface area contributed by atoms with E-state index < -0.39 is 12.0 Å². The maximum atomic E-state index is 12.3. The summed E-state index contributed by atoms with van der Waals surface area (Å²) in [5.74, 6) is -0.684. The Morgan fingerprint density at radius 3 is 2.59 bits per heavy atom. The van der Waals surface area contributed by atoms with Crippen molar-refractivity contribution in [1.29, 1.82) is 0 Å². The van der Waals surface area contributed by atoms with Crippen LogP contribution in [0.5, 0.6) is 0 Å². The van der Waals surface area contributed by atoms with E-state index in [1.807, 2.05) is 37.3 Å². The standard InChI is InChI=1S/C22H23N3O4/c1-14-9-11-15(12-10-14)18(13-21(27)28)24-20(26)8-4-7-19-23-17-6-3-2-5-16(17)22(29)25-19/h2-3,5-6,9-12,18H,4,7-8,13H2,1H3,(H,24,26)(H,27,28)(H,23,25,29)/t18-/m0/s1. The van der Waals surface area contributed by atoms with Crippen LogP contribution < -0.4 is 10.9 Å². The Kier molecular flexibility index (Phi) is 6.39. The second-order valence-corrected chi connectivity index (χ2v) is 7.01. The van der Waals surface area contributed by atoms with Gasteiger partial charge in [0, 0.05) is 12.8 Å². The summed E-state index contributed by atoms with van der Waals surface area (Å²) in [5, 5.41) is 12.5. The molecule has 0 spiro atoms. The van der Waals surface area contributed by atoms with Crippen molar-refractivity contribution in [1.82, 2.24) is 15.3 Å². The molecule has 1 amide bonds. The minimum atomic E-state index is -0.978. The van der Waals surface area contributed by atoms with E-state index in [0.717, 1.165) is 11.1 Å². The van der Waals surface area contributed by atoms with Gasteiger partial charge in [-0.1, -0.05) is 42.0 Å². The first kappa shape index (κ1) is 20.3. The van der Waals surface area contributed by atoms with E-state index in [1.165, 1.54) is 0 Å². The number of hydrogen-bond donors (Lipinski definition) is 3. The number of carbonyl (C=O) groups excluding carboxylic acids is 1. The van der Waals surface area contributed by atoms with Crippen LogP contribution in [0, 0.1) is 6.92 Å². The van der Waals surface area contributed by atoms with E-state index in [0.29, 0.717) is 29.6 Å². The summed E-state index contributed by atoms with van der Waals surface area (Å²) in [5.41, 5.74) is 2.24. The average Bonchev–Trinajstić information content (AvgIpc) is 2.68. The van der Waals surface area contributed by atoms with Crippen molar-refractivity contribution in [3.05, 3.63) is 75.8 Å². The lowest BCUT2D eigenvalue weighted by molar-refractivity contribution is -0.137. The van der Waals surface area contributed by atoms with Crippen LogP contribution in [0.1, 0.15) is 42.3 Å². The van der Waals surface area contributed by atoms with Gasteiger partial charge in [-0.15, -0.1) is 0 Å². The molecule has 0 saturated carbocycles. The third kappa shape index (κ3) is 5.51. The number of carboxylic acid groups (broad SMARTS) is 1. The molecule has 0 aliphatic heterocycles. The summed E-state index contributed by atoms with van der Waals surface area (Å²) < 4.78 is 0. The Hall–Kier alpha value is -3.48. The Labute approximate surface area is 167 Å². The molecular weight excluding hydrogens is 370 g/mol. The number of carboxylic acids is 1. The molecule has 7 nitrogen and oxygen atoms in total. The number of aromatic nitrogens is 2. The number of nitrogens with one attached hydrogen (secondary N) is 2. The van der Waals surface area contributed by atoms with Crippen LogP contribution in [-0.2, 0) is 16.0 Å². The Morgan fingerprint density at radius 1 is 1.14 bits per heavy atom. The first-order chi connectivity index (χ1) is 13.9. The minimum Gasteiger partial charge on any atom is -0.481 e. The molecule has 3 rings (SSSR count). The average molecular weight is 393 g/mol. The zero-order valence-electron chi connectivity index (χ0n) is 16.1. The van der Waals surface area contributed by atoms with Crippen molar-refractivity contribution in [3.8, 4) is 0 Å². The number of rotatable bonds is 8. The molecule has 0 aliphatic carbocycles. The highest BCUT2D eigenvalue weighted by Crippen LogP contribution is 2.18. The maximum Gasteiger partial charge on any atom is 0.305 e. The van der Waals surface area contributed by atoms with Gasteiger partial charge < -0.3 is 15.4 Å². The highest BCUT2D eigenvalue weighted by atomic mass is 16.4. The third-order valence-corrected chi connectivity index (χ3v) is 4.67. The molecule has 2 aromatic carbocycles. The number of nitrogens with zero attached hydrogens (tertiary/aromatic N) is 1. The van der Waals surface area contributed by atoms with Crippen molar-refractivity contribution in [2.45, 2.75) is 38.6 Å². The molecule has 0 bridgehead atoms. The van der Waals surface area contributed by atoms with Crippen molar-refractivity contribution >= 4 is 22.8 Å². The SMILES string of the molecule is Cc1ccc([C@H](CC(=O)O)NC(=O)CCCc2nc3ccccc3c(=O)[nH]2)cc1. The van der Waals surface area contributed by atoms with Crippen LogP contribution in [0.25, 0.3) is 10.9 Å². The molecule has 0 fully saturated rings. The number of aryl methyl sites for hydroxylation is 2. The quantitative estimate of drug-likeness (QED) is 0.545. The molecule has 150 valence electrons. The van der Waals surface area contributed by atoms with E-state index in [1.54, 1.807) is 18.2 Å². The third-order valence-electron chi connectivity index (χ3n) is 4.67. The van der Waals surface area contributed by atoms with Crippen molar-refractivity contribution < 1.29 is 14.7 Å². The first-order valence-electron chi connectivity index (χ1n) is 9.48. The van der Waals surface area contributed by atoms with Gasteiger partial charge in [0.2, 0.25) is 5.91 Å². The largest absolute Gasteiger partial charge is 0.481 e. The number of aromatic amines is 1. The van der Waals surface area contributed by atoms with Crippen LogP contribution in [0.15, 0.2) is 53.3 Å². The number of aliphatic carboxylic acids is 1. The predicted octanol–water partition coefficient (Wildman–Crippen LogP) is 2.89. The summed E-state index contributed by atoms with van der Waals surface area (Å²) in [6.45, 7) is 1.94. The van der Waals surface area contributed by atoms with Gasteiger partial charge in [0.1, 0.15) is 5.82 Å². The summed E-state index contributed by atoms with van der Waals surface area (Å²) in [7, 11) is 0. The number of H-pyrrole nitrogens is 1. The topological polar surface area (TPSA) is 112 Å². The second kappa shape index (κ2) is 9.14. The number of carbonyl (C=O) groups is 2. The highest BCUT2D eigenvalue weighted by Gasteiger charge is 2.18. The second-order valence-electron chi connectivity index (χ2n) is 7.01. The first-order valence-corrected chi connectivity index (χ1v) is 9.48. The molecule has 0 aliphatic rings. The smallest absolute Gasteiger partial charge is 0.305 e. The zero-order chi connectivity index (χ0) is 20.8. The molecule has 29 heavy (non-hydrogen) atoms. The number of amides is 1. The van der Waals surface area contributed by atoms with Gasteiger partial charge in [-0.3, -0.25) is 14.4 Å². The van der Waals surface area contributed by atoms with Crippen LogP contribution >= 0.6 is 0 Å². The van der Waals surface area contributed by atoms with Crippen molar-refractivity contribution in [2.75, 3.05) is 0 Å². The maximum absolute atomic E-state index is 12.3. The number of hydrogen-bond acceptors (Lipinski definition) is 4. The van der Waals surface area contributed by atoms with Crippen LogP contribution in [0.2, 0.25) is 0 Å². The normalized spacial score (nSPS) is 11.9. The fourth-order valence-corrected chi connectivity index (χ4v) is 3.16. The van der Waals surface area contributed by atoms with Gasteiger partial charge in [-0.2, -0.15) is 0 Å². The Morgan fingerprint density at radius 2 is 1.86 bits per heavy atom. The summed E-state index contributed by atoms with van der Waals surface area (Å²) >= 11 is 0. The summed E-state index contributed by atoms with van der Waals surface area (Å²) in [4.78, 5) is 42.8. The Balaban J connectivity index is 1.60. The summed E-state index contributed by atoms with van der Waals surface area (Å²) in [6.07, 6.45) is 0.954. The van der Waals surface area contributed by atoms with Gasteiger partial charge in [0.05, 0.1) is 23.4 Å². The molecule has 0 saturated heterocycles. The number of benzene rings is 2. The van der Waals surface area contributed by atoms with E-state index in [9.17, 15) is 14.4 Å². The molecule has 1 aromatic heterocycles. The fourth-order valence-electron chi connectivity index (χ4n) is 3.16. The lowest BCUT2D eigenvalue weighted by atomic mass is 10.0. The van der Waals surface area contributed by atoms with Crippen LogP contribution in [0.4, 0.5) is 0 Å². The summed E-state index contributed by atoms with van der Waals surface area (Å²) in [6, 6.07) is 13.9. The molecular formula is C22H23N3O4. The van der Waals surface area contributed by atoms with Crippen LogP contribution in [0.3, 0.4) is 0 Å². The van der Waals surface area contributed by atoms with E-state index in [-0.39, 0.29) is 24.3 Å². The zero-order valence-corrected chi connectivity index (χ0v) is 16.1. The predicted molar refractivity (Wildman–Crippen MR) is 110 cm³/mol. The van der Waals surface area contributed by atoms with Gasteiger partial charge in [-0.25, -0.2) is 4.98 Å². The fraction of sp³-hybridized carbons (Fsp3) is 0.273. The van der Waals surface area contributed by atoms with Crippen molar-refractivity contribution in [3.63, 3.8) is 0 Å². The molecule has 1 heterocycles. The van der Waals surface area contributed by atoms with E-state index >= 15 is 0 Å². The van der Waals surface area contributed by atoms with E-state index in [2.05, 4.69) is 15.3 Å². The van der Waals surface area contributed by atoms with E-state index in [4.69, 9.17) is 5.11 Å². The minimum absolute atomic E-state index is 0.186. The molecule has 7 heteroatoms. The molecule has 0 unspecified atom stereocenters. The molecule has 3 aromatic rings. The Bertz CT molecular complexity index is 1070. The van der Waals surface area contributed by atoms with Gasteiger partial charge in [-0.05, 0) is 31.0 Å². The molecule has 0 radical (unpaired) electrons. The number of fused-ring (bicyclic) bond motifs is 1. The van der Waals surface area contributed by atoms with Gasteiger partial charge in [0.15, 0.2) is 0 Å². The lowest BCUT2D eigenvalue weighted by Crippen LogP contribution is -2.30. The lowest BCUT2D eigenvalue weighted by Gasteiger charge is -2.17.